The maximum Gasteiger partial charge on any atom is 0.329 e. The number of hydrogen-bond acceptors (Lipinski definition) is 2. The lowest BCUT2D eigenvalue weighted by Crippen LogP contribution is -2.43. The van der Waals surface area contributed by atoms with Gasteiger partial charge in [-0.1, -0.05) is 35.3 Å². The molecule has 0 saturated heterocycles. The summed E-state index contributed by atoms with van der Waals surface area (Å²) in [5.74, 6) is -0.821. The SMILES string of the molecule is CCCC(C)(Nc1cc(Br)ccc1C)C(=O)O. The predicted molar refractivity (Wildman–Crippen MR) is 73.5 cm³/mol. The lowest BCUT2D eigenvalue weighted by atomic mass is 9.95. The van der Waals surface area contributed by atoms with E-state index in [2.05, 4.69) is 21.2 Å². The Morgan fingerprint density at radius 3 is 2.71 bits per heavy atom. The van der Waals surface area contributed by atoms with E-state index in [9.17, 15) is 9.90 Å². The highest BCUT2D eigenvalue weighted by Crippen LogP contribution is 2.26. The number of nitrogens with one attached hydrogen (secondary N) is 1. The van der Waals surface area contributed by atoms with E-state index in [4.69, 9.17) is 0 Å². The first-order valence-electron chi connectivity index (χ1n) is 5.67. The Kier molecular flexibility index (Phi) is 4.57. The van der Waals surface area contributed by atoms with Crippen molar-refractivity contribution in [2.75, 3.05) is 5.32 Å². The van der Waals surface area contributed by atoms with Gasteiger partial charge in [0, 0.05) is 10.2 Å². The summed E-state index contributed by atoms with van der Waals surface area (Å²) in [6.07, 6.45) is 1.41. The van der Waals surface area contributed by atoms with Gasteiger partial charge in [0.15, 0.2) is 0 Å². The van der Waals surface area contributed by atoms with Crippen LogP contribution >= 0.6 is 15.9 Å². The maximum atomic E-state index is 11.3. The fraction of sp³-hybridized carbons (Fsp3) is 0.462. The van der Waals surface area contributed by atoms with Crippen LogP contribution < -0.4 is 5.32 Å². The number of rotatable bonds is 5. The third kappa shape index (κ3) is 3.46. The molecule has 0 saturated carbocycles. The molecule has 0 aliphatic carbocycles. The molecule has 0 radical (unpaired) electrons. The van der Waals surface area contributed by atoms with E-state index in [1.165, 1.54) is 0 Å². The van der Waals surface area contributed by atoms with Crippen molar-refractivity contribution in [3.63, 3.8) is 0 Å². The molecule has 1 atom stereocenters. The molecule has 17 heavy (non-hydrogen) atoms. The summed E-state index contributed by atoms with van der Waals surface area (Å²) in [5, 5.41) is 12.4. The second-order valence-electron chi connectivity index (χ2n) is 4.47. The Morgan fingerprint density at radius 2 is 2.18 bits per heavy atom. The zero-order valence-corrected chi connectivity index (χ0v) is 12.0. The van der Waals surface area contributed by atoms with Gasteiger partial charge in [-0.25, -0.2) is 4.79 Å². The molecule has 0 aromatic heterocycles. The third-order valence-corrected chi connectivity index (χ3v) is 3.33. The molecule has 4 heteroatoms. The summed E-state index contributed by atoms with van der Waals surface area (Å²) in [6.45, 7) is 5.67. The Balaban J connectivity index is 3.01. The van der Waals surface area contributed by atoms with Gasteiger partial charge in [0.2, 0.25) is 0 Å². The minimum absolute atomic E-state index is 0.592. The fourth-order valence-electron chi connectivity index (χ4n) is 1.75. The second-order valence-corrected chi connectivity index (χ2v) is 5.39. The van der Waals surface area contributed by atoms with Crippen LogP contribution in [-0.4, -0.2) is 16.6 Å². The first-order valence-corrected chi connectivity index (χ1v) is 6.46. The lowest BCUT2D eigenvalue weighted by Gasteiger charge is -2.28. The largest absolute Gasteiger partial charge is 0.480 e. The first-order chi connectivity index (χ1) is 7.89. The average molecular weight is 300 g/mol. The summed E-state index contributed by atoms with van der Waals surface area (Å²) >= 11 is 3.39. The second kappa shape index (κ2) is 5.54. The van der Waals surface area contributed by atoms with Gasteiger partial charge >= 0.3 is 5.97 Å². The standard InChI is InChI=1S/C13H18BrNO2/c1-4-7-13(3,12(16)17)15-11-8-10(14)6-5-9(11)2/h5-6,8,15H,4,7H2,1-3H3,(H,16,17). The van der Waals surface area contributed by atoms with Gasteiger partial charge in [-0.05, 0) is 38.0 Å². The number of hydrogen-bond donors (Lipinski definition) is 2. The number of carbonyl (C=O) groups is 1. The minimum Gasteiger partial charge on any atom is -0.480 e. The Labute approximate surface area is 110 Å². The van der Waals surface area contributed by atoms with Crippen molar-refractivity contribution in [1.82, 2.24) is 0 Å². The van der Waals surface area contributed by atoms with Gasteiger partial charge < -0.3 is 10.4 Å². The molecule has 0 amide bonds. The van der Waals surface area contributed by atoms with Crippen LogP contribution in [0.2, 0.25) is 0 Å². The van der Waals surface area contributed by atoms with Crippen molar-refractivity contribution < 1.29 is 9.90 Å². The predicted octanol–water partition coefficient (Wildman–Crippen LogP) is 3.81. The van der Waals surface area contributed by atoms with Gasteiger partial charge in [-0.3, -0.25) is 0 Å². The van der Waals surface area contributed by atoms with Crippen molar-refractivity contribution in [2.24, 2.45) is 0 Å². The smallest absolute Gasteiger partial charge is 0.329 e. The highest BCUT2D eigenvalue weighted by Gasteiger charge is 2.32. The zero-order chi connectivity index (χ0) is 13.1. The normalized spacial score (nSPS) is 14.1. The molecule has 1 rings (SSSR count). The summed E-state index contributed by atoms with van der Waals surface area (Å²) in [7, 11) is 0. The van der Waals surface area contributed by atoms with Crippen LogP contribution in [0.4, 0.5) is 5.69 Å². The number of aryl methyl sites for hydroxylation is 1. The summed E-state index contributed by atoms with van der Waals surface area (Å²) < 4.78 is 0.940. The highest BCUT2D eigenvalue weighted by molar-refractivity contribution is 9.10. The number of anilines is 1. The molecule has 0 aliphatic rings. The van der Waals surface area contributed by atoms with Crippen LogP contribution in [0.1, 0.15) is 32.3 Å². The van der Waals surface area contributed by atoms with Crippen molar-refractivity contribution in [3.8, 4) is 0 Å². The fourth-order valence-corrected chi connectivity index (χ4v) is 2.11. The van der Waals surface area contributed by atoms with E-state index < -0.39 is 11.5 Å². The number of aliphatic carboxylic acids is 1. The Bertz CT molecular complexity index is 420. The van der Waals surface area contributed by atoms with Crippen molar-refractivity contribution in [2.45, 2.75) is 39.2 Å². The number of carboxylic acids is 1. The van der Waals surface area contributed by atoms with Crippen molar-refractivity contribution >= 4 is 27.6 Å². The number of carboxylic acid groups (broad SMARTS) is 1. The molecule has 0 bridgehead atoms. The maximum absolute atomic E-state index is 11.3. The molecule has 1 aromatic rings. The van der Waals surface area contributed by atoms with Crippen molar-refractivity contribution in [3.05, 3.63) is 28.2 Å². The van der Waals surface area contributed by atoms with Gasteiger partial charge in [-0.15, -0.1) is 0 Å². The molecule has 2 N–H and O–H groups in total. The molecule has 0 aliphatic heterocycles. The van der Waals surface area contributed by atoms with E-state index in [0.29, 0.717) is 6.42 Å². The topological polar surface area (TPSA) is 49.3 Å². The molecule has 0 fully saturated rings. The molecule has 1 aromatic carbocycles. The van der Waals surface area contributed by atoms with Crippen LogP contribution in [0, 0.1) is 6.92 Å². The van der Waals surface area contributed by atoms with E-state index in [1.54, 1.807) is 6.92 Å². The van der Waals surface area contributed by atoms with Gasteiger partial charge in [0.05, 0.1) is 0 Å². The van der Waals surface area contributed by atoms with E-state index in [-0.39, 0.29) is 0 Å². The number of benzene rings is 1. The third-order valence-electron chi connectivity index (χ3n) is 2.83. The zero-order valence-electron chi connectivity index (χ0n) is 10.4. The van der Waals surface area contributed by atoms with Crippen LogP contribution in [0.3, 0.4) is 0 Å². The van der Waals surface area contributed by atoms with E-state index in [0.717, 1.165) is 22.1 Å². The molecular formula is C13H18BrNO2. The quantitative estimate of drug-likeness (QED) is 0.869. The van der Waals surface area contributed by atoms with Crippen LogP contribution in [0.25, 0.3) is 0 Å². The van der Waals surface area contributed by atoms with Gasteiger partial charge in [-0.2, -0.15) is 0 Å². The molecule has 1 unspecified atom stereocenters. The summed E-state index contributed by atoms with van der Waals surface area (Å²) in [6, 6.07) is 5.81. The van der Waals surface area contributed by atoms with Gasteiger partial charge in [0.1, 0.15) is 5.54 Å². The first kappa shape index (κ1) is 14.0. The van der Waals surface area contributed by atoms with Crippen molar-refractivity contribution in [1.29, 1.82) is 0 Å². The molecular weight excluding hydrogens is 282 g/mol. The van der Waals surface area contributed by atoms with E-state index >= 15 is 0 Å². The Morgan fingerprint density at radius 1 is 1.53 bits per heavy atom. The molecule has 0 spiro atoms. The molecule has 94 valence electrons. The van der Waals surface area contributed by atoms with E-state index in [1.807, 2.05) is 32.0 Å². The molecule has 3 nitrogen and oxygen atoms in total. The lowest BCUT2D eigenvalue weighted by molar-refractivity contribution is -0.141. The monoisotopic (exact) mass is 299 g/mol. The van der Waals surface area contributed by atoms with Gasteiger partial charge in [0.25, 0.3) is 0 Å². The summed E-state index contributed by atoms with van der Waals surface area (Å²) in [5.41, 5.74) is 0.981. The molecule has 0 heterocycles. The average Bonchev–Trinajstić information content (AvgIpc) is 2.23. The van der Waals surface area contributed by atoms with Crippen LogP contribution in [0.5, 0.6) is 0 Å². The minimum atomic E-state index is -0.916. The highest BCUT2D eigenvalue weighted by atomic mass is 79.9. The number of halogens is 1. The Hall–Kier alpha value is -1.03. The van der Waals surface area contributed by atoms with Crippen LogP contribution in [0.15, 0.2) is 22.7 Å². The summed E-state index contributed by atoms with van der Waals surface area (Å²) in [4.78, 5) is 11.3. The van der Waals surface area contributed by atoms with Crippen LogP contribution in [-0.2, 0) is 4.79 Å².